The van der Waals surface area contributed by atoms with Gasteiger partial charge in [0.1, 0.15) is 0 Å². The van der Waals surface area contributed by atoms with E-state index in [-0.39, 0.29) is 5.57 Å². The van der Waals surface area contributed by atoms with E-state index in [4.69, 9.17) is 0 Å². The number of halogens is 2. The first-order valence-corrected chi connectivity index (χ1v) is 2.59. The Morgan fingerprint density at radius 3 is 2.22 bits per heavy atom. The number of hydrogen-bond acceptors (Lipinski definition) is 1. The highest BCUT2D eigenvalue weighted by molar-refractivity contribution is 5.79. The molecule has 0 heterocycles. The van der Waals surface area contributed by atoms with Crippen LogP contribution in [0.5, 0.6) is 0 Å². The SMILES string of the molecule is C/C=C(\C=NC)C(F)F. The van der Waals surface area contributed by atoms with Crippen molar-refractivity contribution in [1.82, 2.24) is 0 Å². The molecule has 0 unspecified atom stereocenters. The Morgan fingerprint density at radius 2 is 2.11 bits per heavy atom. The molecule has 9 heavy (non-hydrogen) atoms. The number of hydrogen-bond donors (Lipinski definition) is 0. The lowest BCUT2D eigenvalue weighted by molar-refractivity contribution is 0.197. The lowest BCUT2D eigenvalue weighted by Crippen LogP contribution is -1.96. The predicted octanol–water partition coefficient (Wildman–Crippen LogP) is 1.90. The van der Waals surface area contributed by atoms with Crippen molar-refractivity contribution in [2.45, 2.75) is 13.3 Å². The molecule has 0 N–H and O–H groups in total. The van der Waals surface area contributed by atoms with Crippen LogP contribution in [0.1, 0.15) is 6.92 Å². The maximum Gasteiger partial charge on any atom is 0.264 e. The summed E-state index contributed by atoms with van der Waals surface area (Å²) in [6.07, 6.45) is 0.0983. The predicted molar refractivity (Wildman–Crippen MR) is 34.2 cm³/mol. The molecule has 0 rings (SSSR count). The van der Waals surface area contributed by atoms with Crippen molar-refractivity contribution < 1.29 is 8.78 Å². The lowest BCUT2D eigenvalue weighted by atomic mass is 10.3. The summed E-state index contributed by atoms with van der Waals surface area (Å²) in [7, 11) is 1.46. The third-order valence-corrected chi connectivity index (χ3v) is 0.863. The lowest BCUT2D eigenvalue weighted by Gasteiger charge is -1.94. The largest absolute Gasteiger partial charge is 0.296 e. The molecule has 0 aliphatic carbocycles. The van der Waals surface area contributed by atoms with E-state index in [9.17, 15) is 8.78 Å². The van der Waals surface area contributed by atoms with Crippen molar-refractivity contribution in [2.24, 2.45) is 4.99 Å². The second kappa shape index (κ2) is 4.18. The Labute approximate surface area is 53.1 Å². The highest BCUT2D eigenvalue weighted by atomic mass is 19.3. The molecule has 3 heteroatoms. The summed E-state index contributed by atoms with van der Waals surface area (Å²) < 4.78 is 23.5. The van der Waals surface area contributed by atoms with Gasteiger partial charge < -0.3 is 0 Å². The first-order valence-electron chi connectivity index (χ1n) is 2.59. The highest BCUT2D eigenvalue weighted by Crippen LogP contribution is 2.04. The van der Waals surface area contributed by atoms with Crippen LogP contribution in [0.2, 0.25) is 0 Å². The Hall–Kier alpha value is -0.730. The van der Waals surface area contributed by atoms with Crippen LogP contribution in [0.4, 0.5) is 8.78 Å². The maximum atomic E-state index is 11.7. The van der Waals surface area contributed by atoms with Crippen LogP contribution < -0.4 is 0 Å². The molecular weight excluding hydrogens is 124 g/mol. The van der Waals surface area contributed by atoms with Crippen molar-refractivity contribution in [3.63, 3.8) is 0 Å². The van der Waals surface area contributed by atoms with E-state index in [0.29, 0.717) is 0 Å². The molecule has 0 aromatic heterocycles. The van der Waals surface area contributed by atoms with E-state index < -0.39 is 6.43 Å². The molecule has 0 aromatic rings. The van der Waals surface area contributed by atoms with E-state index in [1.54, 1.807) is 6.92 Å². The van der Waals surface area contributed by atoms with Crippen molar-refractivity contribution in [2.75, 3.05) is 7.05 Å². The molecule has 0 aliphatic heterocycles. The quantitative estimate of drug-likeness (QED) is 0.510. The molecule has 0 fully saturated rings. The summed E-state index contributed by atoms with van der Waals surface area (Å²) in [6, 6.07) is 0. The van der Waals surface area contributed by atoms with Crippen LogP contribution in [0, 0.1) is 0 Å². The maximum absolute atomic E-state index is 11.7. The molecular formula is C6H9F2N. The van der Waals surface area contributed by atoms with Gasteiger partial charge in [-0.1, -0.05) is 6.08 Å². The van der Waals surface area contributed by atoms with Crippen LogP contribution in [-0.2, 0) is 0 Å². The summed E-state index contributed by atoms with van der Waals surface area (Å²) in [5, 5.41) is 0. The van der Waals surface area contributed by atoms with Crippen molar-refractivity contribution in [3.8, 4) is 0 Å². The standard InChI is InChI=1S/C6H9F2N/c1-3-5(4-9-2)6(7)8/h3-4,6H,1-2H3/b5-3+,9-4?. The molecule has 0 saturated heterocycles. The summed E-state index contributed by atoms with van der Waals surface area (Å²) in [5.74, 6) is 0. The van der Waals surface area contributed by atoms with Crippen LogP contribution in [0.3, 0.4) is 0 Å². The molecule has 0 radical (unpaired) electrons. The Morgan fingerprint density at radius 1 is 1.56 bits per heavy atom. The number of allylic oxidation sites excluding steroid dienone is 2. The van der Waals surface area contributed by atoms with Gasteiger partial charge in [-0.05, 0) is 6.92 Å². The zero-order valence-corrected chi connectivity index (χ0v) is 5.44. The van der Waals surface area contributed by atoms with E-state index in [1.165, 1.54) is 13.1 Å². The zero-order valence-electron chi connectivity index (χ0n) is 5.44. The molecule has 0 atom stereocenters. The fourth-order valence-corrected chi connectivity index (χ4v) is 0.406. The Kier molecular flexibility index (Phi) is 3.84. The van der Waals surface area contributed by atoms with Crippen LogP contribution in [0.25, 0.3) is 0 Å². The minimum Gasteiger partial charge on any atom is -0.296 e. The van der Waals surface area contributed by atoms with Crippen molar-refractivity contribution in [3.05, 3.63) is 11.6 Å². The molecule has 0 amide bonds. The summed E-state index contributed by atoms with van der Waals surface area (Å²) in [4.78, 5) is 3.45. The molecule has 0 spiro atoms. The van der Waals surface area contributed by atoms with Gasteiger partial charge in [-0.25, -0.2) is 8.78 Å². The molecule has 0 bridgehead atoms. The summed E-state index contributed by atoms with van der Waals surface area (Å²) in [5.41, 5.74) is -0.0301. The first kappa shape index (κ1) is 8.27. The van der Waals surface area contributed by atoms with E-state index >= 15 is 0 Å². The Balaban J connectivity index is 4.01. The molecule has 0 aliphatic rings. The second-order valence-corrected chi connectivity index (χ2v) is 1.48. The van der Waals surface area contributed by atoms with Crippen molar-refractivity contribution in [1.29, 1.82) is 0 Å². The average molecular weight is 133 g/mol. The van der Waals surface area contributed by atoms with Gasteiger partial charge in [0.2, 0.25) is 0 Å². The number of nitrogens with zero attached hydrogens (tertiary/aromatic N) is 1. The van der Waals surface area contributed by atoms with Crippen LogP contribution in [0.15, 0.2) is 16.6 Å². The van der Waals surface area contributed by atoms with E-state index in [2.05, 4.69) is 4.99 Å². The van der Waals surface area contributed by atoms with Gasteiger partial charge in [0.05, 0.1) is 0 Å². The molecule has 52 valence electrons. The van der Waals surface area contributed by atoms with Gasteiger partial charge in [-0.2, -0.15) is 0 Å². The normalized spacial score (nSPS) is 13.7. The first-order chi connectivity index (χ1) is 4.22. The topological polar surface area (TPSA) is 12.4 Å². The van der Waals surface area contributed by atoms with Gasteiger partial charge in [0.15, 0.2) is 0 Å². The van der Waals surface area contributed by atoms with E-state index in [1.807, 2.05) is 0 Å². The number of aliphatic imine (C=N–C) groups is 1. The minimum absolute atomic E-state index is 0.0301. The van der Waals surface area contributed by atoms with Crippen LogP contribution >= 0.6 is 0 Å². The van der Waals surface area contributed by atoms with Gasteiger partial charge in [-0.15, -0.1) is 0 Å². The smallest absolute Gasteiger partial charge is 0.264 e. The van der Waals surface area contributed by atoms with Gasteiger partial charge >= 0.3 is 0 Å². The number of rotatable bonds is 2. The minimum atomic E-state index is -2.40. The van der Waals surface area contributed by atoms with E-state index in [0.717, 1.165) is 6.21 Å². The zero-order chi connectivity index (χ0) is 7.28. The number of alkyl halides is 2. The fraction of sp³-hybridized carbons (Fsp3) is 0.500. The summed E-state index contributed by atoms with van der Waals surface area (Å²) >= 11 is 0. The van der Waals surface area contributed by atoms with Crippen LogP contribution in [-0.4, -0.2) is 19.7 Å². The van der Waals surface area contributed by atoms with Crippen molar-refractivity contribution >= 4 is 6.21 Å². The van der Waals surface area contributed by atoms with Gasteiger partial charge in [-0.3, -0.25) is 4.99 Å². The molecule has 0 saturated carbocycles. The summed E-state index contributed by atoms with van der Waals surface area (Å²) in [6.45, 7) is 1.56. The fourth-order valence-electron chi connectivity index (χ4n) is 0.406. The highest BCUT2D eigenvalue weighted by Gasteiger charge is 2.04. The molecule has 0 aromatic carbocycles. The second-order valence-electron chi connectivity index (χ2n) is 1.48. The van der Waals surface area contributed by atoms with Gasteiger partial charge in [0.25, 0.3) is 6.43 Å². The molecule has 1 nitrogen and oxygen atoms in total. The average Bonchev–Trinajstić information content (AvgIpc) is 1.82. The Bertz CT molecular complexity index is 127. The third kappa shape index (κ3) is 2.95. The third-order valence-electron chi connectivity index (χ3n) is 0.863. The monoisotopic (exact) mass is 133 g/mol. The van der Waals surface area contributed by atoms with Gasteiger partial charge in [0, 0.05) is 18.8 Å².